The lowest BCUT2D eigenvalue weighted by molar-refractivity contribution is 1.07. The number of hydrogen-bond acceptors (Lipinski definition) is 3. The molecule has 53 heavy (non-hydrogen) atoms. The molecule has 0 atom stereocenters. The molecule has 0 bridgehead atoms. The molecule has 0 aliphatic rings. The Hall–Kier alpha value is -7.17. The quantitative estimate of drug-likeness (QED) is 0.135. The van der Waals surface area contributed by atoms with E-state index >= 15 is 0 Å². The molecule has 2 aromatic heterocycles. The van der Waals surface area contributed by atoms with Crippen LogP contribution in [0.4, 0.5) is 0 Å². The summed E-state index contributed by atoms with van der Waals surface area (Å²) in [5.74, 6) is 1.91. The number of para-hydroxylation sites is 1. The van der Waals surface area contributed by atoms with Crippen molar-refractivity contribution < 1.29 is 0 Å². The number of benzene rings is 9. The van der Waals surface area contributed by atoms with E-state index in [0.717, 1.165) is 33.5 Å². The molecule has 0 radical (unpaired) electrons. The van der Waals surface area contributed by atoms with E-state index in [-0.39, 0.29) is 0 Å². The molecule has 0 unspecified atom stereocenters. The Kier molecular flexibility index (Phi) is 6.52. The predicted octanol–water partition coefficient (Wildman–Crippen LogP) is 12.5. The second-order valence-corrected chi connectivity index (χ2v) is 13.6. The van der Waals surface area contributed by atoms with Crippen LogP contribution < -0.4 is 0 Å². The Labute approximate surface area is 305 Å². The van der Waals surface area contributed by atoms with E-state index in [1.807, 2.05) is 24.3 Å². The highest BCUT2D eigenvalue weighted by atomic mass is 15.0. The minimum atomic E-state index is 0.636. The van der Waals surface area contributed by atoms with Gasteiger partial charge in [-0.25, -0.2) is 15.0 Å². The van der Waals surface area contributed by atoms with Gasteiger partial charge in [0.1, 0.15) is 0 Å². The van der Waals surface area contributed by atoms with Gasteiger partial charge in [-0.3, -0.25) is 0 Å². The minimum absolute atomic E-state index is 0.636. The van der Waals surface area contributed by atoms with Crippen LogP contribution in [0.25, 0.3) is 105 Å². The van der Waals surface area contributed by atoms with Gasteiger partial charge in [-0.05, 0) is 62.3 Å². The molecule has 4 nitrogen and oxygen atoms in total. The molecule has 9 aromatic carbocycles. The molecule has 246 valence electrons. The van der Waals surface area contributed by atoms with Crippen molar-refractivity contribution in [1.82, 2.24) is 19.5 Å². The van der Waals surface area contributed by atoms with Crippen LogP contribution >= 0.6 is 0 Å². The lowest BCUT2D eigenvalue weighted by Gasteiger charge is -2.14. The smallest absolute Gasteiger partial charge is 0.166 e. The van der Waals surface area contributed by atoms with Gasteiger partial charge >= 0.3 is 0 Å². The van der Waals surface area contributed by atoms with Gasteiger partial charge in [-0.2, -0.15) is 0 Å². The lowest BCUT2D eigenvalue weighted by Crippen LogP contribution is -2.02. The second-order valence-electron chi connectivity index (χ2n) is 13.6. The van der Waals surface area contributed by atoms with Gasteiger partial charge < -0.3 is 4.57 Å². The second kappa shape index (κ2) is 11.7. The Balaban J connectivity index is 1.26. The Morgan fingerprint density at radius 2 is 0.811 bits per heavy atom. The number of nitrogens with zero attached hydrogens (tertiary/aromatic N) is 4. The van der Waals surface area contributed by atoms with Crippen LogP contribution in [-0.4, -0.2) is 19.5 Å². The number of fused-ring (bicyclic) bond motifs is 5. The summed E-state index contributed by atoms with van der Waals surface area (Å²) in [5.41, 5.74) is 8.53. The summed E-state index contributed by atoms with van der Waals surface area (Å²) < 4.78 is 2.45. The first-order valence-corrected chi connectivity index (χ1v) is 18.0. The van der Waals surface area contributed by atoms with Crippen LogP contribution in [0.3, 0.4) is 0 Å². The van der Waals surface area contributed by atoms with E-state index in [0.29, 0.717) is 17.5 Å². The molecule has 0 aliphatic carbocycles. The summed E-state index contributed by atoms with van der Waals surface area (Å²) in [6.07, 6.45) is 0. The van der Waals surface area contributed by atoms with E-state index in [9.17, 15) is 0 Å². The van der Waals surface area contributed by atoms with Crippen molar-refractivity contribution >= 4 is 54.1 Å². The van der Waals surface area contributed by atoms with Crippen molar-refractivity contribution in [1.29, 1.82) is 0 Å². The topological polar surface area (TPSA) is 43.6 Å². The third kappa shape index (κ3) is 4.59. The fourth-order valence-electron chi connectivity index (χ4n) is 8.19. The molecule has 0 spiro atoms. The number of aromatic nitrogens is 4. The summed E-state index contributed by atoms with van der Waals surface area (Å²) in [6, 6.07) is 64.3. The molecule has 0 amide bonds. The van der Waals surface area contributed by atoms with Crippen molar-refractivity contribution in [3.05, 3.63) is 182 Å². The molecule has 11 rings (SSSR count). The molecule has 2 heterocycles. The molecular weight excluding hydrogens is 645 g/mol. The van der Waals surface area contributed by atoms with Crippen LogP contribution in [0.5, 0.6) is 0 Å². The van der Waals surface area contributed by atoms with E-state index in [2.05, 4.69) is 162 Å². The molecule has 0 saturated heterocycles. The maximum Gasteiger partial charge on any atom is 0.166 e. The van der Waals surface area contributed by atoms with Gasteiger partial charge in [-0.15, -0.1) is 0 Å². The van der Waals surface area contributed by atoms with E-state index < -0.39 is 0 Å². The number of rotatable bonds is 5. The zero-order valence-corrected chi connectivity index (χ0v) is 28.6. The number of hydrogen-bond donors (Lipinski definition) is 0. The van der Waals surface area contributed by atoms with Crippen LogP contribution in [0.1, 0.15) is 0 Å². The average Bonchev–Trinajstić information content (AvgIpc) is 3.61. The first-order chi connectivity index (χ1) is 26.3. The van der Waals surface area contributed by atoms with Gasteiger partial charge in [0.05, 0.1) is 11.0 Å². The van der Waals surface area contributed by atoms with E-state index in [1.54, 1.807) is 0 Å². The minimum Gasteiger partial charge on any atom is -0.308 e. The van der Waals surface area contributed by atoms with Gasteiger partial charge in [0.25, 0.3) is 0 Å². The van der Waals surface area contributed by atoms with Crippen molar-refractivity contribution in [2.75, 3.05) is 0 Å². The van der Waals surface area contributed by atoms with Crippen molar-refractivity contribution in [2.45, 2.75) is 0 Å². The highest BCUT2D eigenvalue weighted by Crippen LogP contribution is 2.48. The molecular formula is C49H30N4. The first kappa shape index (κ1) is 29.5. The maximum absolute atomic E-state index is 5.30. The van der Waals surface area contributed by atoms with Gasteiger partial charge in [0.2, 0.25) is 0 Å². The summed E-state index contributed by atoms with van der Waals surface area (Å²) in [7, 11) is 0. The molecule has 4 heteroatoms. The first-order valence-electron chi connectivity index (χ1n) is 18.0. The Morgan fingerprint density at radius 1 is 0.321 bits per heavy atom. The zero-order valence-electron chi connectivity index (χ0n) is 28.6. The standard InChI is InChI=1S/C49H30N4/c1-4-14-31(15-5-1)32-24-26-34(27-25-32)48-50-47(33-16-6-2-7-17-33)51-49(52-48)41-29-28-40-38-22-12-13-23-39(38)42-30-35-18-10-11-21-37(35)45-44(42)43(40)46(41)53(45)36-19-8-3-9-20-36/h1-30H. The third-order valence-corrected chi connectivity index (χ3v) is 10.6. The van der Waals surface area contributed by atoms with Crippen molar-refractivity contribution in [2.24, 2.45) is 0 Å². The van der Waals surface area contributed by atoms with E-state index in [4.69, 9.17) is 15.0 Å². The fraction of sp³-hybridized carbons (Fsp3) is 0. The summed E-state index contributed by atoms with van der Waals surface area (Å²) in [6.45, 7) is 0. The summed E-state index contributed by atoms with van der Waals surface area (Å²) >= 11 is 0. The largest absolute Gasteiger partial charge is 0.308 e. The summed E-state index contributed by atoms with van der Waals surface area (Å²) in [4.78, 5) is 15.6. The van der Waals surface area contributed by atoms with Crippen LogP contribution in [0.15, 0.2) is 182 Å². The third-order valence-electron chi connectivity index (χ3n) is 10.6. The molecule has 11 aromatic rings. The van der Waals surface area contributed by atoms with Gasteiger partial charge in [0.15, 0.2) is 17.5 Å². The Bertz CT molecular complexity index is 3130. The van der Waals surface area contributed by atoms with Crippen molar-refractivity contribution in [3.63, 3.8) is 0 Å². The summed E-state index contributed by atoms with van der Waals surface area (Å²) in [5, 5.41) is 9.85. The molecule has 0 N–H and O–H groups in total. The maximum atomic E-state index is 5.30. The van der Waals surface area contributed by atoms with Gasteiger partial charge in [0, 0.05) is 38.5 Å². The Morgan fingerprint density at radius 3 is 1.51 bits per heavy atom. The zero-order chi connectivity index (χ0) is 34.9. The van der Waals surface area contributed by atoms with Crippen molar-refractivity contribution in [3.8, 4) is 51.0 Å². The van der Waals surface area contributed by atoms with E-state index in [1.165, 1.54) is 54.2 Å². The monoisotopic (exact) mass is 674 g/mol. The highest BCUT2D eigenvalue weighted by Gasteiger charge is 2.26. The van der Waals surface area contributed by atoms with Crippen LogP contribution in [0.2, 0.25) is 0 Å². The van der Waals surface area contributed by atoms with Crippen LogP contribution in [-0.2, 0) is 0 Å². The fourth-order valence-corrected chi connectivity index (χ4v) is 8.19. The molecule has 0 fully saturated rings. The predicted molar refractivity (Wildman–Crippen MR) is 220 cm³/mol. The normalized spacial score (nSPS) is 11.8. The SMILES string of the molecule is c1ccc(-c2ccc(-c3nc(-c4ccccc4)nc(-c4ccc5c6ccccc6c6cc7ccccc7c7c6c5c4n7-c4ccccc4)n3)cc2)cc1. The average molecular weight is 675 g/mol. The van der Waals surface area contributed by atoms with Gasteiger partial charge in [-0.1, -0.05) is 158 Å². The molecule has 0 aliphatic heterocycles. The lowest BCUT2D eigenvalue weighted by atomic mass is 9.91. The molecule has 0 saturated carbocycles. The van der Waals surface area contributed by atoms with Crippen LogP contribution in [0, 0.1) is 0 Å². The highest BCUT2D eigenvalue weighted by molar-refractivity contribution is 6.39.